The largest absolute Gasteiger partial charge is 0.256 e. The lowest BCUT2D eigenvalue weighted by molar-refractivity contribution is 1.33. The lowest BCUT2D eigenvalue weighted by Crippen LogP contribution is -1.87. The van der Waals surface area contributed by atoms with Crippen LogP contribution in [-0.2, 0) is 0 Å². The van der Waals surface area contributed by atoms with Crippen molar-refractivity contribution in [2.24, 2.45) is 0 Å². The molecule has 0 fully saturated rings. The molecule has 0 unspecified atom stereocenters. The Kier molecular flexibility index (Phi) is 3.30. The predicted octanol–water partition coefficient (Wildman–Crippen LogP) is 5.07. The highest BCUT2D eigenvalue weighted by Gasteiger charge is 2.09. The highest BCUT2D eigenvalue weighted by molar-refractivity contribution is 6.33. The van der Waals surface area contributed by atoms with Crippen LogP contribution in [0.1, 0.15) is 0 Å². The Hall–Kier alpha value is -2.12. The molecule has 0 spiro atoms. The predicted molar refractivity (Wildman–Crippen MR) is 80.1 cm³/mol. The third kappa shape index (κ3) is 2.38. The van der Waals surface area contributed by atoms with E-state index < -0.39 is 0 Å². The van der Waals surface area contributed by atoms with E-state index in [1.807, 2.05) is 54.6 Å². The summed E-state index contributed by atoms with van der Waals surface area (Å²) in [5.41, 5.74) is 4.19. The first kappa shape index (κ1) is 11.9. The quantitative estimate of drug-likeness (QED) is 0.630. The molecule has 19 heavy (non-hydrogen) atoms. The lowest BCUT2D eigenvalue weighted by atomic mass is 9.97. The van der Waals surface area contributed by atoms with Gasteiger partial charge in [0.15, 0.2) is 0 Å². The van der Waals surface area contributed by atoms with Crippen LogP contribution in [0, 0.1) is 0 Å². The number of hydrogen-bond acceptors (Lipinski definition) is 1. The summed E-state index contributed by atoms with van der Waals surface area (Å²) in [5.74, 6) is 0. The normalized spacial score (nSPS) is 10.4. The van der Waals surface area contributed by atoms with Gasteiger partial charge in [0.1, 0.15) is 0 Å². The molecule has 1 nitrogen and oxygen atoms in total. The van der Waals surface area contributed by atoms with Crippen molar-refractivity contribution in [3.63, 3.8) is 0 Å². The molecule has 0 bridgehead atoms. The fourth-order valence-corrected chi connectivity index (χ4v) is 2.38. The molecule has 2 heteroatoms. The van der Waals surface area contributed by atoms with Gasteiger partial charge >= 0.3 is 0 Å². The molecule has 0 amide bonds. The molecule has 0 aliphatic rings. The summed E-state index contributed by atoms with van der Waals surface area (Å²) in [6.45, 7) is 0. The molecular weight excluding hydrogens is 254 g/mol. The van der Waals surface area contributed by atoms with Crippen LogP contribution in [0.4, 0.5) is 0 Å². The van der Waals surface area contributed by atoms with E-state index in [0.29, 0.717) is 0 Å². The van der Waals surface area contributed by atoms with Crippen molar-refractivity contribution in [1.82, 2.24) is 4.98 Å². The second-order valence-electron chi connectivity index (χ2n) is 4.24. The molecule has 0 saturated carbocycles. The van der Waals surface area contributed by atoms with Crippen LogP contribution in [0.3, 0.4) is 0 Å². The zero-order chi connectivity index (χ0) is 13.1. The van der Waals surface area contributed by atoms with Gasteiger partial charge in [-0.2, -0.15) is 0 Å². The van der Waals surface area contributed by atoms with Crippen molar-refractivity contribution >= 4 is 11.6 Å². The Morgan fingerprint density at radius 1 is 0.632 bits per heavy atom. The first-order valence-corrected chi connectivity index (χ1v) is 6.49. The summed E-state index contributed by atoms with van der Waals surface area (Å²) >= 11 is 6.30. The topological polar surface area (TPSA) is 12.9 Å². The van der Waals surface area contributed by atoms with Gasteiger partial charge in [-0.15, -0.1) is 0 Å². The van der Waals surface area contributed by atoms with Gasteiger partial charge in [-0.3, -0.25) is 4.98 Å². The molecule has 0 N–H and O–H groups in total. The van der Waals surface area contributed by atoms with Crippen LogP contribution in [0.15, 0.2) is 72.9 Å². The monoisotopic (exact) mass is 265 g/mol. The summed E-state index contributed by atoms with van der Waals surface area (Å²) in [5, 5.41) is 0.755. The van der Waals surface area contributed by atoms with Crippen LogP contribution >= 0.6 is 11.6 Å². The average Bonchev–Trinajstić information content (AvgIpc) is 2.49. The minimum atomic E-state index is 0.755. The smallest absolute Gasteiger partial charge is 0.0708 e. The fourth-order valence-electron chi connectivity index (χ4n) is 2.14. The maximum Gasteiger partial charge on any atom is 0.0708 e. The van der Waals surface area contributed by atoms with Gasteiger partial charge in [-0.05, 0) is 23.8 Å². The number of halogens is 1. The Labute approximate surface area is 117 Å². The Morgan fingerprint density at radius 3 is 1.95 bits per heavy atom. The third-order valence-electron chi connectivity index (χ3n) is 3.03. The van der Waals surface area contributed by atoms with Crippen LogP contribution in [-0.4, -0.2) is 4.98 Å². The van der Waals surface area contributed by atoms with Gasteiger partial charge in [0, 0.05) is 22.3 Å². The van der Waals surface area contributed by atoms with Crippen molar-refractivity contribution < 1.29 is 0 Å². The van der Waals surface area contributed by atoms with E-state index in [2.05, 4.69) is 17.1 Å². The van der Waals surface area contributed by atoms with E-state index in [0.717, 1.165) is 27.4 Å². The van der Waals surface area contributed by atoms with Gasteiger partial charge in [-0.1, -0.05) is 60.1 Å². The summed E-state index contributed by atoms with van der Waals surface area (Å²) in [7, 11) is 0. The van der Waals surface area contributed by atoms with Crippen molar-refractivity contribution in [2.45, 2.75) is 0 Å². The number of benzene rings is 2. The van der Waals surface area contributed by atoms with Crippen LogP contribution < -0.4 is 0 Å². The summed E-state index contributed by atoms with van der Waals surface area (Å²) < 4.78 is 0. The Morgan fingerprint density at radius 2 is 1.26 bits per heavy atom. The molecule has 0 radical (unpaired) electrons. The molecule has 1 heterocycles. The number of nitrogens with zero attached hydrogens (tertiary/aromatic N) is 1. The minimum absolute atomic E-state index is 0.755. The molecule has 0 saturated heterocycles. The number of aromatic nitrogens is 1. The SMILES string of the molecule is Clc1ccccc1-c1ccccc1-c1ccccn1. The molecule has 2 aromatic carbocycles. The number of pyridine rings is 1. The Balaban J connectivity index is 2.21. The zero-order valence-corrected chi connectivity index (χ0v) is 11.0. The molecular formula is C17H12ClN. The lowest BCUT2D eigenvalue weighted by Gasteiger charge is -2.10. The van der Waals surface area contributed by atoms with Crippen LogP contribution in [0.25, 0.3) is 22.4 Å². The van der Waals surface area contributed by atoms with Gasteiger partial charge in [-0.25, -0.2) is 0 Å². The maximum atomic E-state index is 6.30. The molecule has 0 aliphatic carbocycles. The molecule has 92 valence electrons. The van der Waals surface area contributed by atoms with Crippen molar-refractivity contribution in [2.75, 3.05) is 0 Å². The summed E-state index contributed by atoms with van der Waals surface area (Å²) in [6, 6.07) is 22.0. The van der Waals surface area contributed by atoms with Crippen molar-refractivity contribution in [3.8, 4) is 22.4 Å². The van der Waals surface area contributed by atoms with E-state index in [1.54, 1.807) is 6.20 Å². The molecule has 3 aromatic rings. The molecule has 0 atom stereocenters. The zero-order valence-electron chi connectivity index (χ0n) is 10.3. The molecule has 3 rings (SSSR count). The van der Waals surface area contributed by atoms with Gasteiger partial charge in [0.25, 0.3) is 0 Å². The second-order valence-corrected chi connectivity index (χ2v) is 4.65. The van der Waals surface area contributed by atoms with E-state index in [4.69, 9.17) is 11.6 Å². The van der Waals surface area contributed by atoms with Gasteiger partial charge in [0.2, 0.25) is 0 Å². The van der Waals surface area contributed by atoms with Crippen molar-refractivity contribution in [3.05, 3.63) is 77.9 Å². The van der Waals surface area contributed by atoms with E-state index >= 15 is 0 Å². The van der Waals surface area contributed by atoms with E-state index in [-0.39, 0.29) is 0 Å². The number of rotatable bonds is 2. The van der Waals surface area contributed by atoms with Gasteiger partial charge in [0.05, 0.1) is 5.69 Å². The summed E-state index contributed by atoms with van der Waals surface area (Å²) in [4.78, 5) is 4.42. The Bertz CT molecular complexity index is 692. The van der Waals surface area contributed by atoms with Crippen LogP contribution in [0.2, 0.25) is 5.02 Å². The third-order valence-corrected chi connectivity index (χ3v) is 3.36. The first-order chi connectivity index (χ1) is 9.36. The highest BCUT2D eigenvalue weighted by atomic mass is 35.5. The molecule has 1 aromatic heterocycles. The maximum absolute atomic E-state index is 6.30. The summed E-state index contributed by atoms with van der Waals surface area (Å²) in [6.07, 6.45) is 1.80. The second kappa shape index (κ2) is 5.25. The van der Waals surface area contributed by atoms with Crippen molar-refractivity contribution in [1.29, 1.82) is 0 Å². The van der Waals surface area contributed by atoms with Crippen LogP contribution in [0.5, 0.6) is 0 Å². The minimum Gasteiger partial charge on any atom is -0.256 e. The fraction of sp³-hybridized carbons (Fsp3) is 0. The average molecular weight is 266 g/mol. The van der Waals surface area contributed by atoms with E-state index in [1.165, 1.54) is 0 Å². The number of hydrogen-bond donors (Lipinski definition) is 0. The first-order valence-electron chi connectivity index (χ1n) is 6.11. The highest BCUT2D eigenvalue weighted by Crippen LogP contribution is 2.34. The van der Waals surface area contributed by atoms with E-state index in [9.17, 15) is 0 Å². The molecule has 0 aliphatic heterocycles. The van der Waals surface area contributed by atoms with Gasteiger partial charge < -0.3 is 0 Å². The standard InChI is InChI=1S/C17H12ClN/c18-16-10-4-3-8-14(16)13-7-1-2-9-15(13)17-11-5-6-12-19-17/h1-12H.